The van der Waals surface area contributed by atoms with E-state index in [-0.39, 0.29) is 18.2 Å². The Morgan fingerprint density at radius 1 is 1.41 bits per heavy atom. The monoisotopic (exact) mass is 242 g/mol. The summed E-state index contributed by atoms with van der Waals surface area (Å²) in [6.45, 7) is 10.8. The third-order valence-electron chi connectivity index (χ3n) is 3.05. The van der Waals surface area contributed by atoms with Crippen molar-refractivity contribution in [3.63, 3.8) is 0 Å². The lowest BCUT2D eigenvalue weighted by atomic mass is 9.99. The van der Waals surface area contributed by atoms with Crippen LogP contribution in [0.15, 0.2) is 0 Å². The predicted molar refractivity (Wildman–Crippen MR) is 69.1 cm³/mol. The first kappa shape index (κ1) is 14.3. The second-order valence-corrected chi connectivity index (χ2v) is 5.39. The van der Waals surface area contributed by atoms with Crippen LogP contribution in [0.3, 0.4) is 0 Å². The van der Waals surface area contributed by atoms with Gasteiger partial charge < -0.3 is 15.0 Å². The lowest BCUT2D eigenvalue weighted by Crippen LogP contribution is -2.45. The Kier molecular flexibility index (Phi) is 5.75. The van der Waals surface area contributed by atoms with Gasteiger partial charge in [0.2, 0.25) is 0 Å². The first-order valence-electron chi connectivity index (χ1n) is 6.68. The van der Waals surface area contributed by atoms with E-state index in [0.29, 0.717) is 5.92 Å². The number of carbonyl (C=O) groups is 1. The van der Waals surface area contributed by atoms with Gasteiger partial charge >= 0.3 is 6.09 Å². The van der Waals surface area contributed by atoms with E-state index in [1.165, 1.54) is 12.8 Å². The topological polar surface area (TPSA) is 41.6 Å². The van der Waals surface area contributed by atoms with Crippen molar-refractivity contribution >= 4 is 6.09 Å². The molecule has 0 aromatic heterocycles. The minimum absolute atomic E-state index is 0.0479. The number of hydrogen-bond donors (Lipinski definition) is 1. The number of nitrogens with zero attached hydrogens (tertiary/aromatic N) is 1. The van der Waals surface area contributed by atoms with Crippen molar-refractivity contribution < 1.29 is 9.53 Å². The average molecular weight is 242 g/mol. The number of amides is 1. The van der Waals surface area contributed by atoms with Crippen LogP contribution in [0.4, 0.5) is 4.79 Å². The van der Waals surface area contributed by atoms with E-state index in [4.69, 9.17) is 4.74 Å². The van der Waals surface area contributed by atoms with Crippen molar-refractivity contribution in [3.8, 4) is 0 Å². The second-order valence-electron chi connectivity index (χ2n) is 5.39. The van der Waals surface area contributed by atoms with Gasteiger partial charge in [-0.15, -0.1) is 0 Å². The molecule has 0 radical (unpaired) electrons. The second kappa shape index (κ2) is 6.84. The third-order valence-corrected chi connectivity index (χ3v) is 3.05. The molecule has 17 heavy (non-hydrogen) atoms. The van der Waals surface area contributed by atoms with E-state index in [1.54, 1.807) is 0 Å². The van der Waals surface area contributed by atoms with Crippen LogP contribution < -0.4 is 5.32 Å². The third kappa shape index (κ3) is 4.94. The number of hydrogen-bond acceptors (Lipinski definition) is 3. The summed E-state index contributed by atoms with van der Waals surface area (Å²) in [6.07, 6.45) is 2.18. The van der Waals surface area contributed by atoms with Crippen molar-refractivity contribution in [2.45, 2.75) is 52.7 Å². The number of rotatable bonds is 4. The summed E-state index contributed by atoms with van der Waals surface area (Å²) >= 11 is 0. The Balaban J connectivity index is 2.49. The summed E-state index contributed by atoms with van der Waals surface area (Å²) in [7, 11) is 0. The van der Waals surface area contributed by atoms with Gasteiger partial charge in [0, 0.05) is 12.6 Å². The minimum atomic E-state index is -0.180. The highest BCUT2D eigenvalue weighted by atomic mass is 16.6. The predicted octanol–water partition coefficient (Wildman–Crippen LogP) is 2.24. The zero-order valence-corrected chi connectivity index (χ0v) is 11.5. The summed E-state index contributed by atoms with van der Waals surface area (Å²) in [4.78, 5) is 13.8. The van der Waals surface area contributed by atoms with Crippen LogP contribution in [0, 0.1) is 5.92 Å². The fourth-order valence-corrected chi connectivity index (χ4v) is 2.12. The fourth-order valence-electron chi connectivity index (χ4n) is 2.12. The molecule has 1 N–H and O–H groups in total. The van der Waals surface area contributed by atoms with E-state index in [0.717, 1.165) is 19.6 Å². The van der Waals surface area contributed by atoms with Gasteiger partial charge in [0.1, 0.15) is 0 Å². The van der Waals surface area contributed by atoms with Crippen LogP contribution in [0.2, 0.25) is 0 Å². The molecular formula is C13H26N2O2. The maximum absolute atomic E-state index is 12.0. The van der Waals surface area contributed by atoms with Gasteiger partial charge in [-0.05, 0) is 59.5 Å². The van der Waals surface area contributed by atoms with Gasteiger partial charge in [-0.1, -0.05) is 0 Å². The van der Waals surface area contributed by atoms with Crippen molar-refractivity contribution in [2.75, 3.05) is 19.6 Å². The number of carbonyl (C=O) groups excluding carboxylic acids is 1. The highest BCUT2D eigenvalue weighted by Gasteiger charge is 2.24. The Morgan fingerprint density at radius 3 is 2.59 bits per heavy atom. The van der Waals surface area contributed by atoms with Crippen LogP contribution in [-0.4, -0.2) is 42.8 Å². The molecule has 1 atom stereocenters. The molecule has 1 saturated heterocycles. The van der Waals surface area contributed by atoms with Gasteiger partial charge in [0.15, 0.2) is 0 Å². The number of piperidine rings is 1. The molecule has 0 saturated carbocycles. The summed E-state index contributed by atoms with van der Waals surface area (Å²) < 4.78 is 5.28. The Labute approximate surface area is 105 Å². The molecule has 1 heterocycles. The highest BCUT2D eigenvalue weighted by molar-refractivity contribution is 5.68. The molecule has 0 aromatic carbocycles. The molecule has 1 aliphatic heterocycles. The molecule has 0 aromatic rings. The fraction of sp³-hybridized carbons (Fsp3) is 0.923. The molecule has 1 aliphatic rings. The Hall–Kier alpha value is -0.770. The smallest absolute Gasteiger partial charge is 0.410 e. The molecule has 1 fully saturated rings. The minimum Gasteiger partial charge on any atom is -0.447 e. The zero-order valence-electron chi connectivity index (χ0n) is 11.5. The molecule has 4 nitrogen and oxygen atoms in total. The molecular weight excluding hydrogens is 216 g/mol. The molecule has 4 heteroatoms. The summed E-state index contributed by atoms with van der Waals surface area (Å²) in [5.74, 6) is 0.561. The summed E-state index contributed by atoms with van der Waals surface area (Å²) in [5, 5.41) is 3.38. The maximum atomic E-state index is 12.0. The lowest BCUT2D eigenvalue weighted by molar-refractivity contribution is 0.0604. The van der Waals surface area contributed by atoms with Gasteiger partial charge in [-0.2, -0.15) is 0 Å². The molecule has 1 rings (SSSR count). The Morgan fingerprint density at radius 2 is 2.12 bits per heavy atom. The normalized spacial score (nSPS) is 20.7. The summed E-state index contributed by atoms with van der Waals surface area (Å²) in [5.41, 5.74) is 0. The van der Waals surface area contributed by atoms with Crippen LogP contribution >= 0.6 is 0 Å². The van der Waals surface area contributed by atoms with Crippen molar-refractivity contribution in [1.29, 1.82) is 0 Å². The Bertz CT molecular complexity index is 236. The standard InChI is InChI=1S/C13H26N2O2/c1-10(2)15(13(16)17-11(3)4)9-12-6-5-7-14-8-12/h10-12,14H,5-9H2,1-4H3. The van der Waals surface area contributed by atoms with E-state index in [9.17, 15) is 4.79 Å². The highest BCUT2D eigenvalue weighted by Crippen LogP contribution is 2.14. The first-order valence-corrected chi connectivity index (χ1v) is 6.68. The summed E-state index contributed by atoms with van der Waals surface area (Å²) in [6, 6.07) is 0.197. The molecule has 0 aliphatic carbocycles. The van der Waals surface area contributed by atoms with Crippen molar-refractivity contribution in [1.82, 2.24) is 10.2 Å². The molecule has 0 bridgehead atoms. The van der Waals surface area contributed by atoms with Crippen molar-refractivity contribution in [3.05, 3.63) is 0 Å². The number of ether oxygens (including phenoxy) is 1. The van der Waals surface area contributed by atoms with E-state index in [1.807, 2.05) is 32.6 Å². The van der Waals surface area contributed by atoms with Gasteiger partial charge in [0.25, 0.3) is 0 Å². The molecule has 100 valence electrons. The van der Waals surface area contributed by atoms with Gasteiger partial charge in [0.05, 0.1) is 6.10 Å². The molecule has 0 spiro atoms. The van der Waals surface area contributed by atoms with Gasteiger partial charge in [-0.3, -0.25) is 0 Å². The maximum Gasteiger partial charge on any atom is 0.410 e. The quantitative estimate of drug-likeness (QED) is 0.822. The van der Waals surface area contributed by atoms with E-state index >= 15 is 0 Å². The average Bonchev–Trinajstić information content (AvgIpc) is 2.25. The van der Waals surface area contributed by atoms with Crippen LogP contribution in [0.25, 0.3) is 0 Å². The molecule has 1 amide bonds. The van der Waals surface area contributed by atoms with E-state index in [2.05, 4.69) is 5.32 Å². The SMILES string of the molecule is CC(C)OC(=O)N(CC1CCCNC1)C(C)C. The lowest BCUT2D eigenvalue weighted by Gasteiger charge is -2.32. The van der Waals surface area contributed by atoms with Crippen LogP contribution in [0.5, 0.6) is 0 Å². The zero-order chi connectivity index (χ0) is 12.8. The number of nitrogens with one attached hydrogen (secondary N) is 1. The van der Waals surface area contributed by atoms with Crippen LogP contribution in [0.1, 0.15) is 40.5 Å². The van der Waals surface area contributed by atoms with Crippen molar-refractivity contribution in [2.24, 2.45) is 5.92 Å². The largest absolute Gasteiger partial charge is 0.447 e. The first-order chi connectivity index (χ1) is 8.00. The van der Waals surface area contributed by atoms with Crippen LogP contribution in [-0.2, 0) is 4.74 Å². The molecule has 1 unspecified atom stereocenters. The van der Waals surface area contributed by atoms with E-state index < -0.39 is 0 Å². The van der Waals surface area contributed by atoms with Gasteiger partial charge in [-0.25, -0.2) is 4.79 Å².